The van der Waals surface area contributed by atoms with Gasteiger partial charge in [-0.1, -0.05) is 24.3 Å². The number of rotatable bonds is 4. The zero-order valence-electron chi connectivity index (χ0n) is 11.0. The number of carboxylic acid groups (broad SMARTS) is 1. The summed E-state index contributed by atoms with van der Waals surface area (Å²) < 4.78 is 7.40. The van der Waals surface area contributed by atoms with Crippen molar-refractivity contribution in [3.05, 3.63) is 35.7 Å². The summed E-state index contributed by atoms with van der Waals surface area (Å²) in [5.74, 6) is 0.819. The van der Waals surface area contributed by atoms with E-state index in [1.54, 1.807) is 0 Å². The molecule has 0 unspecified atom stereocenters. The molecule has 0 saturated carbocycles. The standard InChI is InChI=1S/C14H15N3O3/c18-13(19)6-5-10-3-1-2-4-11(10)14-16-15-12-9-20-8-7-17(12)14/h1-4H,5-9H2,(H,18,19). The minimum atomic E-state index is -0.795. The zero-order chi connectivity index (χ0) is 13.9. The Bertz CT molecular complexity index is 636. The van der Waals surface area contributed by atoms with E-state index in [9.17, 15) is 4.79 Å². The molecule has 0 bridgehead atoms. The van der Waals surface area contributed by atoms with Gasteiger partial charge < -0.3 is 14.4 Å². The average Bonchev–Trinajstić information content (AvgIpc) is 2.89. The third-order valence-corrected chi connectivity index (χ3v) is 3.38. The Kier molecular flexibility index (Phi) is 3.47. The van der Waals surface area contributed by atoms with Gasteiger partial charge in [-0.05, 0) is 12.0 Å². The number of ether oxygens (including phenoxy) is 1. The lowest BCUT2D eigenvalue weighted by molar-refractivity contribution is -0.136. The molecule has 1 aromatic carbocycles. The highest BCUT2D eigenvalue weighted by Crippen LogP contribution is 2.25. The van der Waals surface area contributed by atoms with Crippen molar-refractivity contribution in [3.8, 4) is 11.4 Å². The molecular weight excluding hydrogens is 258 g/mol. The van der Waals surface area contributed by atoms with Gasteiger partial charge in [0.1, 0.15) is 6.61 Å². The number of aliphatic carboxylic acids is 1. The van der Waals surface area contributed by atoms with Crippen LogP contribution in [0.5, 0.6) is 0 Å². The van der Waals surface area contributed by atoms with Crippen LogP contribution in [0.4, 0.5) is 0 Å². The Hall–Kier alpha value is -2.21. The molecular formula is C14H15N3O3. The van der Waals surface area contributed by atoms with Crippen molar-refractivity contribution in [2.45, 2.75) is 26.0 Å². The Morgan fingerprint density at radius 1 is 1.35 bits per heavy atom. The summed E-state index contributed by atoms with van der Waals surface area (Å²) >= 11 is 0. The highest BCUT2D eigenvalue weighted by Gasteiger charge is 2.19. The van der Waals surface area contributed by atoms with Crippen molar-refractivity contribution < 1.29 is 14.6 Å². The first-order chi connectivity index (χ1) is 9.75. The number of benzene rings is 1. The molecule has 0 radical (unpaired) electrons. The largest absolute Gasteiger partial charge is 0.481 e. The third-order valence-electron chi connectivity index (χ3n) is 3.38. The fourth-order valence-corrected chi connectivity index (χ4v) is 2.39. The van der Waals surface area contributed by atoms with Crippen LogP contribution in [0.2, 0.25) is 0 Å². The van der Waals surface area contributed by atoms with Crippen LogP contribution in [0, 0.1) is 0 Å². The third kappa shape index (κ3) is 2.42. The van der Waals surface area contributed by atoms with Crippen molar-refractivity contribution in [3.63, 3.8) is 0 Å². The summed E-state index contributed by atoms with van der Waals surface area (Å²) in [6.07, 6.45) is 0.602. The molecule has 1 N–H and O–H groups in total. The highest BCUT2D eigenvalue weighted by atomic mass is 16.5. The predicted octanol–water partition coefficient (Wildman–Crippen LogP) is 1.49. The summed E-state index contributed by atoms with van der Waals surface area (Å²) in [6, 6.07) is 7.75. The molecule has 3 rings (SSSR count). The summed E-state index contributed by atoms with van der Waals surface area (Å²) in [6.45, 7) is 1.85. The van der Waals surface area contributed by atoms with Crippen molar-refractivity contribution >= 4 is 5.97 Å². The molecule has 0 aliphatic carbocycles. The summed E-state index contributed by atoms with van der Waals surface area (Å²) in [4.78, 5) is 10.8. The molecule has 6 nitrogen and oxygen atoms in total. The van der Waals surface area contributed by atoms with E-state index in [0.29, 0.717) is 19.6 Å². The number of hydrogen-bond donors (Lipinski definition) is 1. The van der Waals surface area contributed by atoms with E-state index in [1.165, 1.54) is 0 Å². The summed E-state index contributed by atoms with van der Waals surface area (Å²) in [5, 5.41) is 17.2. The number of fused-ring (bicyclic) bond motifs is 1. The first kappa shape index (κ1) is 12.8. The fraction of sp³-hybridized carbons (Fsp3) is 0.357. The fourth-order valence-electron chi connectivity index (χ4n) is 2.39. The second-order valence-electron chi connectivity index (χ2n) is 4.69. The van der Waals surface area contributed by atoms with Gasteiger partial charge in [-0.25, -0.2) is 0 Å². The highest BCUT2D eigenvalue weighted by molar-refractivity contribution is 5.68. The maximum atomic E-state index is 10.8. The van der Waals surface area contributed by atoms with Crippen LogP contribution < -0.4 is 0 Å². The van der Waals surface area contributed by atoms with E-state index in [-0.39, 0.29) is 6.42 Å². The topological polar surface area (TPSA) is 77.2 Å². The Balaban J connectivity index is 1.97. The van der Waals surface area contributed by atoms with Gasteiger partial charge in [0, 0.05) is 18.5 Å². The van der Waals surface area contributed by atoms with E-state index >= 15 is 0 Å². The second kappa shape index (κ2) is 5.42. The van der Waals surface area contributed by atoms with Crippen LogP contribution in [-0.2, 0) is 29.1 Å². The Morgan fingerprint density at radius 2 is 2.20 bits per heavy atom. The average molecular weight is 273 g/mol. The Morgan fingerprint density at radius 3 is 3.05 bits per heavy atom. The summed E-state index contributed by atoms with van der Waals surface area (Å²) in [5.41, 5.74) is 1.94. The number of nitrogens with zero attached hydrogens (tertiary/aromatic N) is 3. The molecule has 0 amide bonds. The maximum Gasteiger partial charge on any atom is 0.303 e. The predicted molar refractivity (Wildman–Crippen MR) is 71.1 cm³/mol. The molecule has 1 aliphatic heterocycles. The van der Waals surface area contributed by atoms with Gasteiger partial charge in [-0.2, -0.15) is 0 Å². The number of aromatic nitrogens is 3. The summed E-state index contributed by atoms with van der Waals surface area (Å²) in [7, 11) is 0. The number of carbonyl (C=O) groups is 1. The molecule has 0 spiro atoms. The normalized spacial score (nSPS) is 14.0. The van der Waals surface area contributed by atoms with Gasteiger partial charge in [-0.3, -0.25) is 4.79 Å². The number of carboxylic acids is 1. The van der Waals surface area contributed by atoms with Gasteiger partial charge in [0.15, 0.2) is 11.6 Å². The van der Waals surface area contributed by atoms with E-state index in [2.05, 4.69) is 10.2 Å². The van der Waals surface area contributed by atoms with Gasteiger partial charge in [0.25, 0.3) is 0 Å². The number of hydrogen-bond acceptors (Lipinski definition) is 4. The molecule has 2 aromatic rings. The molecule has 104 valence electrons. The van der Waals surface area contributed by atoms with E-state index in [4.69, 9.17) is 9.84 Å². The lowest BCUT2D eigenvalue weighted by Gasteiger charge is -2.16. The lowest BCUT2D eigenvalue weighted by Crippen LogP contribution is -2.17. The molecule has 0 atom stereocenters. The van der Waals surface area contributed by atoms with Gasteiger partial charge in [0.05, 0.1) is 6.61 Å². The van der Waals surface area contributed by atoms with Crippen molar-refractivity contribution in [1.82, 2.24) is 14.8 Å². The minimum Gasteiger partial charge on any atom is -0.481 e. The van der Waals surface area contributed by atoms with Crippen molar-refractivity contribution in [2.75, 3.05) is 6.61 Å². The lowest BCUT2D eigenvalue weighted by atomic mass is 10.0. The molecule has 0 fully saturated rings. The smallest absolute Gasteiger partial charge is 0.303 e. The molecule has 20 heavy (non-hydrogen) atoms. The van der Waals surface area contributed by atoms with Crippen LogP contribution in [0.1, 0.15) is 17.8 Å². The molecule has 0 saturated heterocycles. The minimum absolute atomic E-state index is 0.112. The van der Waals surface area contributed by atoms with E-state index in [0.717, 1.165) is 29.3 Å². The van der Waals surface area contributed by atoms with Gasteiger partial charge in [0.2, 0.25) is 0 Å². The SMILES string of the molecule is O=C(O)CCc1ccccc1-c1nnc2n1CCOC2. The zero-order valence-corrected chi connectivity index (χ0v) is 11.0. The van der Waals surface area contributed by atoms with Crippen LogP contribution in [0.3, 0.4) is 0 Å². The molecule has 2 heterocycles. The maximum absolute atomic E-state index is 10.8. The molecule has 1 aliphatic rings. The van der Waals surface area contributed by atoms with Crippen molar-refractivity contribution in [1.29, 1.82) is 0 Å². The van der Waals surface area contributed by atoms with E-state index in [1.807, 2.05) is 28.8 Å². The van der Waals surface area contributed by atoms with Crippen LogP contribution in [0.25, 0.3) is 11.4 Å². The molecule has 6 heteroatoms. The van der Waals surface area contributed by atoms with Gasteiger partial charge >= 0.3 is 5.97 Å². The van der Waals surface area contributed by atoms with Crippen molar-refractivity contribution in [2.24, 2.45) is 0 Å². The first-order valence-corrected chi connectivity index (χ1v) is 6.55. The van der Waals surface area contributed by atoms with Crippen LogP contribution in [-0.4, -0.2) is 32.4 Å². The van der Waals surface area contributed by atoms with Gasteiger partial charge in [-0.15, -0.1) is 10.2 Å². The first-order valence-electron chi connectivity index (χ1n) is 6.55. The second-order valence-corrected chi connectivity index (χ2v) is 4.69. The molecule has 1 aromatic heterocycles. The van der Waals surface area contributed by atoms with Crippen LogP contribution in [0.15, 0.2) is 24.3 Å². The van der Waals surface area contributed by atoms with Crippen LogP contribution >= 0.6 is 0 Å². The monoisotopic (exact) mass is 273 g/mol. The number of aryl methyl sites for hydroxylation is 1. The quantitative estimate of drug-likeness (QED) is 0.913. The Labute approximate surface area is 116 Å². The van der Waals surface area contributed by atoms with E-state index < -0.39 is 5.97 Å².